The summed E-state index contributed by atoms with van der Waals surface area (Å²) in [5.41, 5.74) is -1.08. The number of likely N-dealkylation sites (N-methyl/N-ethyl adjacent to an activating group) is 1. The molecule has 1 N–H and O–H groups in total. The third kappa shape index (κ3) is 2.36. The summed E-state index contributed by atoms with van der Waals surface area (Å²) in [6.45, 7) is 0. The van der Waals surface area contributed by atoms with E-state index in [1.165, 1.54) is 25.3 Å². The Morgan fingerprint density at radius 2 is 1.60 bits per heavy atom. The van der Waals surface area contributed by atoms with Gasteiger partial charge >= 0.3 is 0 Å². The standard InChI is InChI=1S/C12H8F4N4/c1-20-6(4-19)8-11(15)9(13)7(5(2-17)3-18)10(14)12(8)16/h5-7,9,20H,1H3. The van der Waals surface area contributed by atoms with Crippen molar-refractivity contribution >= 4 is 0 Å². The highest BCUT2D eigenvalue weighted by Crippen LogP contribution is 2.43. The fraction of sp³-hybridized carbons (Fsp3) is 0.417. The van der Waals surface area contributed by atoms with E-state index in [1.807, 2.05) is 0 Å². The molecule has 1 aliphatic rings. The lowest BCUT2D eigenvalue weighted by molar-refractivity contribution is 0.197. The van der Waals surface area contributed by atoms with Gasteiger partial charge in [0.25, 0.3) is 0 Å². The van der Waals surface area contributed by atoms with Crippen molar-refractivity contribution in [3.63, 3.8) is 0 Å². The molecular formula is C12H8F4N4. The zero-order valence-electron chi connectivity index (χ0n) is 10.2. The Hall–Kier alpha value is -2.37. The van der Waals surface area contributed by atoms with E-state index in [9.17, 15) is 17.6 Å². The van der Waals surface area contributed by atoms with Crippen LogP contribution in [-0.2, 0) is 0 Å². The number of halogens is 4. The molecule has 0 aromatic carbocycles. The van der Waals surface area contributed by atoms with Crippen molar-refractivity contribution < 1.29 is 17.6 Å². The minimum atomic E-state index is -2.70. The summed E-state index contributed by atoms with van der Waals surface area (Å²) in [5, 5.41) is 28.1. The van der Waals surface area contributed by atoms with Crippen LogP contribution in [0.2, 0.25) is 0 Å². The summed E-state index contributed by atoms with van der Waals surface area (Å²) < 4.78 is 55.3. The first-order chi connectivity index (χ1) is 9.44. The van der Waals surface area contributed by atoms with Crippen LogP contribution in [0, 0.1) is 45.8 Å². The number of nitrogens with zero attached hydrogens (tertiary/aromatic N) is 3. The molecule has 3 unspecified atom stereocenters. The number of rotatable bonds is 3. The smallest absolute Gasteiger partial charge is 0.163 e. The molecule has 0 heterocycles. The van der Waals surface area contributed by atoms with Gasteiger partial charge in [0.15, 0.2) is 12.0 Å². The van der Waals surface area contributed by atoms with Crippen LogP contribution >= 0.6 is 0 Å². The Morgan fingerprint density at radius 3 is 2.00 bits per heavy atom. The van der Waals surface area contributed by atoms with Crippen molar-refractivity contribution in [3.8, 4) is 18.2 Å². The summed E-state index contributed by atoms with van der Waals surface area (Å²) in [6.07, 6.45) is -2.70. The van der Waals surface area contributed by atoms with E-state index >= 15 is 0 Å². The van der Waals surface area contributed by atoms with Gasteiger partial charge in [-0.1, -0.05) is 0 Å². The van der Waals surface area contributed by atoms with E-state index in [0.29, 0.717) is 0 Å². The molecule has 0 aromatic rings. The van der Waals surface area contributed by atoms with Crippen molar-refractivity contribution in [1.82, 2.24) is 5.32 Å². The number of nitriles is 3. The van der Waals surface area contributed by atoms with Gasteiger partial charge in [0.05, 0.1) is 29.7 Å². The van der Waals surface area contributed by atoms with Crippen LogP contribution in [-0.4, -0.2) is 19.3 Å². The number of hydrogen-bond donors (Lipinski definition) is 1. The number of nitrogens with one attached hydrogen (secondary N) is 1. The van der Waals surface area contributed by atoms with Gasteiger partial charge in [-0.25, -0.2) is 17.6 Å². The second-order valence-corrected chi connectivity index (χ2v) is 3.94. The lowest BCUT2D eigenvalue weighted by Crippen LogP contribution is -2.35. The van der Waals surface area contributed by atoms with Gasteiger partial charge in [0.1, 0.15) is 23.6 Å². The Bertz CT molecular complexity index is 576. The van der Waals surface area contributed by atoms with E-state index < -0.39 is 47.1 Å². The average molecular weight is 284 g/mol. The molecule has 3 atom stereocenters. The maximum Gasteiger partial charge on any atom is 0.163 e. The highest BCUT2D eigenvalue weighted by molar-refractivity contribution is 5.45. The molecule has 1 rings (SSSR count). The Morgan fingerprint density at radius 1 is 1.05 bits per heavy atom. The van der Waals surface area contributed by atoms with Crippen molar-refractivity contribution in [2.45, 2.75) is 12.2 Å². The summed E-state index contributed by atoms with van der Waals surface area (Å²) in [7, 11) is 1.19. The highest BCUT2D eigenvalue weighted by atomic mass is 19.2. The molecule has 0 saturated carbocycles. The molecule has 0 amide bonds. The second kappa shape index (κ2) is 6.18. The second-order valence-electron chi connectivity index (χ2n) is 3.94. The normalized spacial score (nSPS) is 24.1. The molecule has 0 saturated heterocycles. The molecule has 0 aromatic heterocycles. The molecule has 0 spiro atoms. The lowest BCUT2D eigenvalue weighted by Gasteiger charge is -2.27. The molecule has 4 nitrogen and oxygen atoms in total. The Kier molecular flexibility index (Phi) is 4.85. The van der Waals surface area contributed by atoms with E-state index in [4.69, 9.17) is 15.8 Å². The molecule has 0 bridgehead atoms. The number of alkyl halides is 1. The van der Waals surface area contributed by atoms with Gasteiger partial charge < -0.3 is 5.32 Å². The van der Waals surface area contributed by atoms with Gasteiger partial charge in [0.2, 0.25) is 0 Å². The highest BCUT2D eigenvalue weighted by Gasteiger charge is 2.45. The first-order valence-corrected chi connectivity index (χ1v) is 5.39. The van der Waals surface area contributed by atoms with E-state index in [2.05, 4.69) is 5.32 Å². The predicted octanol–water partition coefficient (Wildman–Crippen LogP) is 2.10. The average Bonchev–Trinajstić information content (AvgIpc) is 2.46. The van der Waals surface area contributed by atoms with E-state index in [-0.39, 0.29) is 0 Å². The summed E-state index contributed by atoms with van der Waals surface area (Å²) >= 11 is 0. The fourth-order valence-corrected chi connectivity index (χ4v) is 1.86. The largest absolute Gasteiger partial charge is 0.301 e. The van der Waals surface area contributed by atoms with Gasteiger partial charge in [0, 0.05) is 0 Å². The van der Waals surface area contributed by atoms with Crippen molar-refractivity contribution in [1.29, 1.82) is 15.8 Å². The predicted molar refractivity (Wildman–Crippen MR) is 58.9 cm³/mol. The first-order valence-electron chi connectivity index (χ1n) is 5.39. The van der Waals surface area contributed by atoms with Crippen LogP contribution < -0.4 is 5.32 Å². The van der Waals surface area contributed by atoms with Crippen LogP contribution in [0.25, 0.3) is 0 Å². The molecular weight excluding hydrogens is 276 g/mol. The maximum atomic E-state index is 13.9. The van der Waals surface area contributed by atoms with Crippen molar-refractivity contribution in [2.75, 3.05) is 7.05 Å². The van der Waals surface area contributed by atoms with Crippen molar-refractivity contribution in [2.24, 2.45) is 11.8 Å². The maximum absolute atomic E-state index is 13.9. The minimum Gasteiger partial charge on any atom is -0.301 e. The number of allylic oxidation sites excluding steroid dienone is 2. The third-order valence-corrected chi connectivity index (χ3v) is 2.90. The van der Waals surface area contributed by atoms with Crippen LogP contribution in [0.1, 0.15) is 0 Å². The van der Waals surface area contributed by atoms with Crippen LogP contribution in [0.5, 0.6) is 0 Å². The monoisotopic (exact) mass is 284 g/mol. The van der Waals surface area contributed by atoms with Gasteiger partial charge in [-0.2, -0.15) is 15.8 Å². The summed E-state index contributed by atoms with van der Waals surface area (Å²) in [4.78, 5) is 0. The zero-order valence-corrected chi connectivity index (χ0v) is 10.2. The molecule has 20 heavy (non-hydrogen) atoms. The van der Waals surface area contributed by atoms with Crippen LogP contribution in [0.3, 0.4) is 0 Å². The molecule has 1 aliphatic carbocycles. The quantitative estimate of drug-likeness (QED) is 0.804. The van der Waals surface area contributed by atoms with Gasteiger partial charge in [-0.3, -0.25) is 0 Å². The molecule has 0 fully saturated rings. The molecule has 8 heteroatoms. The Labute approximate surface area is 112 Å². The van der Waals surface area contributed by atoms with Crippen molar-refractivity contribution in [3.05, 3.63) is 23.1 Å². The SMILES string of the molecule is CNC(C#N)C1=C(F)C(F)C(C(C#N)C#N)C(F)=C1F. The third-order valence-electron chi connectivity index (χ3n) is 2.90. The molecule has 0 aliphatic heterocycles. The topological polar surface area (TPSA) is 83.4 Å². The molecule has 0 radical (unpaired) electrons. The lowest BCUT2D eigenvalue weighted by atomic mass is 9.82. The van der Waals surface area contributed by atoms with Gasteiger partial charge in [-0.15, -0.1) is 0 Å². The minimum absolute atomic E-state index is 1.08. The zero-order chi connectivity index (χ0) is 15.4. The van der Waals surface area contributed by atoms with Gasteiger partial charge in [-0.05, 0) is 7.05 Å². The number of hydrogen-bond acceptors (Lipinski definition) is 4. The van der Waals surface area contributed by atoms with E-state index in [1.54, 1.807) is 0 Å². The van der Waals surface area contributed by atoms with Crippen LogP contribution in [0.4, 0.5) is 17.6 Å². The van der Waals surface area contributed by atoms with Crippen LogP contribution in [0.15, 0.2) is 23.1 Å². The summed E-state index contributed by atoms with van der Waals surface area (Å²) in [5.74, 6) is -9.23. The molecule has 104 valence electrons. The summed E-state index contributed by atoms with van der Waals surface area (Å²) in [6, 6.07) is 2.44. The first kappa shape index (κ1) is 15.7. The fourth-order valence-electron chi connectivity index (χ4n) is 1.86. The Balaban J connectivity index is 3.42. The van der Waals surface area contributed by atoms with E-state index in [0.717, 1.165) is 0 Å².